The first kappa shape index (κ1) is 11.4. The number of H-pyrrole nitrogens is 1. The van der Waals surface area contributed by atoms with Crippen LogP contribution in [0.5, 0.6) is 0 Å². The van der Waals surface area contributed by atoms with Crippen LogP contribution in [0.15, 0.2) is 22.3 Å². The maximum atomic E-state index is 11.7. The summed E-state index contributed by atoms with van der Waals surface area (Å²) in [5.41, 5.74) is 5.35. The quantitative estimate of drug-likeness (QED) is 0.707. The fraction of sp³-hybridized carbons (Fsp3) is 0.111. The van der Waals surface area contributed by atoms with Crippen LogP contribution in [0.3, 0.4) is 0 Å². The van der Waals surface area contributed by atoms with E-state index < -0.39 is 0 Å². The van der Waals surface area contributed by atoms with E-state index in [4.69, 9.17) is 5.73 Å². The van der Waals surface area contributed by atoms with E-state index in [0.717, 1.165) is 0 Å². The molecule has 0 fully saturated rings. The van der Waals surface area contributed by atoms with Gasteiger partial charge >= 0.3 is 0 Å². The van der Waals surface area contributed by atoms with Gasteiger partial charge in [-0.2, -0.15) is 5.10 Å². The normalized spacial score (nSPS) is 10.2. The predicted octanol–water partition coefficient (Wildman–Crippen LogP) is -0.0626. The van der Waals surface area contributed by atoms with Gasteiger partial charge in [0.05, 0.1) is 0 Å². The third kappa shape index (κ3) is 2.74. The number of thiazole rings is 1. The van der Waals surface area contributed by atoms with Crippen molar-refractivity contribution in [3.63, 3.8) is 0 Å². The Morgan fingerprint density at radius 2 is 2.35 bits per heavy atom. The highest BCUT2D eigenvalue weighted by Crippen LogP contribution is 2.10. The highest BCUT2D eigenvalue weighted by molar-refractivity contribution is 7.09. The molecule has 0 aliphatic rings. The molecule has 2 rings (SSSR count). The summed E-state index contributed by atoms with van der Waals surface area (Å²) in [6.07, 6.45) is 0. The van der Waals surface area contributed by atoms with Crippen LogP contribution >= 0.6 is 11.3 Å². The first-order valence-corrected chi connectivity index (χ1v) is 5.58. The van der Waals surface area contributed by atoms with Crippen molar-refractivity contribution in [1.82, 2.24) is 15.2 Å². The largest absolute Gasteiger partial charge is 0.325 e. The molecule has 0 spiro atoms. The Labute approximate surface area is 99.7 Å². The van der Waals surface area contributed by atoms with E-state index in [1.807, 2.05) is 0 Å². The zero-order chi connectivity index (χ0) is 12.3. The van der Waals surface area contributed by atoms with Crippen molar-refractivity contribution in [3.8, 4) is 0 Å². The fourth-order valence-electron chi connectivity index (χ4n) is 1.10. The molecule has 2 heterocycles. The molecule has 0 radical (unpaired) electrons. The van der Waals surface area contributed by atoms with Crippen molar-refractivity contribution in [2.24, 2.45) is 5.73 Å². The summed E-state index contributed by atoms with van der Waals surface area (Å²) < 4.78 is 0. The average Bonchev–Trinajstić information content (AvgIpc) is 2.81. The van der Waals surface area contributed by atoms with Crippen molar-refractivity contribution in [3.05, 3.63) is 38.6 Å². The lowest BCUT2D eigenvalue weighted by Gasteiger charge is -1.99. The lowest BCUT2D eigenvalue weighted by atomic mass is 10.4. The maximum Gasteiger partial charge on any atom is 0.276 e. The third-order valence-electron chi connectivity index (χ3n) is 1.88. The Morgan fingerprint density at radius 1 is 1.53 bits per heavy atom. The summed E-state index contributed by atoms with van der Waals surface area (Å²) in [6, 6.07) is 2.68. The van der Waals surface area contributed by atoms with Gasteiger partial charge in [0.2, 0.25) is 0 Å². The van der Waals surface area contributed by atoms with Crippen LogP contribution in [0.4, 0.5) is 5.82 Å². The minimum atomic E-state index is -0.388. The van der Waals surface area contributed by atoms with E-state index in [1.54, 1.807) is 5.38 Å². The van der Waals surface area contributed by atoms with Crippen LogP contribution in [-0.4, -0.2) is 21.1 Å². The second-order valence-corrected chi connectivity index (χ2v) is 4.03. The van der Waals surface area contributed by atoms with Crippen LogP contribution in [0.2, 0.25) is 0 Å². The Balaban J connectivity index is 2.11. The number of aromatic nitrogens is 3. The predicted molar refractivity (Wildman–Crippen MR) is 62.8 cm³/mol. The summed E-state index contributed by atoms with van der Waals surface area (Å²) in [7, 11) is 0. The summed E-state index contributed by atoms with van der Waals surface area (Å²) in [5, 5.41) is 10.7. The highest BCUT2D eigenvalue weighted by atomic mass is 32.1. The molecule has 0 saturated carbocycles. The fourth-order valence-corrected chi connectivity index (χ4v) is 1.76. The van der Waals surface area contributed by atoms with Gasteiger partial charge in [0.15, 0.2) is 5.82 Å². The van der Waals surface area contributed by atoms with Gasteiger partial charge in [-0.25, -0.2) is 10.1 Å². The van der Waals surface area contributed by atoms with Gasteiger partial charge in [0.25, 0.3) is 11.5 Å². The maximum absolute atomic E-state index is 11.7. The van der Waals surface area contributed by atoms with E-state index in [0.29, 0.717) is 11.6 Å². The van der Waals surface area contributed by atoms with Crippen molar-refractivity contribution in [1.29, 1.82) is 0 Å². The Hall–Kier alpha value is -2.06. The number of nitrogens with zero attached hydrogens (tertiary/aromatic N) is 2. The molecule has 0 aliphatic heterocycles. The van der Waals surface area contributed by atoms with Crippen molar-refractivity contribution in [2.45, 2.75) is 6.54 Å². The molecule has 4 N–H and O–H groups in total. The molecule has 8 heteroatoms. The monoisotopic (exact) mass is 251 g/mol. The first-order chi connectivity index (χ1) is 8.19. The van der Waals surface area contributed by atoms with E-state index >= 15 is 0 Å². The van der Waals surface area contributed by atoms with Crippen molar-refractivity contribution >= 4 is 23.1 Å². The zero-order valence-electron chi connectivity index (χ0n) is 8.64. The third-order valence-corrected chi connectivity index (χ3v) is 2.75. The van der Waals surface area contributed by atoms with Gasteiger partial charge in [-0.3, -0.25) is 9.59 Å². The average molecular weight is 251 g/mol. The molecule has 1 amide bonds. The summed E-state index contributed by atoms with van der Waals surface area (Å²) in [5.74, 6) is -0.127. The summed E-state index contributed by atoms with van der Waals surface area (Å²) >= 11 is 1.32. The molecule has 2 aromatic rings. The van der Waals surface area contributed by atoms with Gasteiger partial charge in [0.1, 0.15) is 10.7 Å². The Kier molecular flexibility index (Phi) is 3.26. The molecule has 0 aromatic carbocycles. The number of nitrogens with one attached hydrogen (secondary N) is 2. The van der Waals surface area contributed by atoms with E-state index in [1.165, 1.54) is 23.5 Å². The lowest BCUT2D eigenvalue weighted by Crippen LogP contribution is -2.16. The van der Waals surface area contributed by atoms with Crippen molar-refractivity contribution < 1.29 is 4.79 Å². The van der Waals surface area contributed by atoms with Crippen LogP contribution in [0.1, 0.15) is 15.5 Å². The molecule has 17 heavy (non-hydrogen) atoms. The number of carbonyl (C=O) groups is 1. The van der Waals surface area contributed by atoms with Gasteiger partial charge < -0.3 is 11.1 Å². The molecule has 0 atom stereocenters. The van der Waals surface area contributed by atoms with E-state index in [-0.39, 0.29) is 23.0 Å². The lowest BCUT2D eigenvalue weighted by molar-refractivity contribution is 0.102. The molecule has 0 aliphatic carbocycles. The molecule has 0 saturated heterocycles. The topological polar surface area (TPSA) is 114 Å². The number of hydrogen-bond acceptors (Lipinski definition) is 6. The number of hydrogen-bond donors (Lipinski definition) is 3. The molecule has 88 valence electrons. The van der Waals surface area contributed by atoms with Gasteiger partial charge in [-0.1, -0.05) is 0 Å². The Morgan fingerprint density at radius 3 is 2.94 bits per heavy atom. The SMILES string of the molecule is NCc1nc(C(=O)Nc2ccc(=O)[nH]n2)cs1. The number of aromatic amines is 1. The second kappa shape index (κ2) is 4.85. The van der Waals surface area contributed by atoms with E-state index in [2.05, 4.69) is 20.5 Å². The zero-order valence-corrected chi connectivity index (χ0v) is 9.45. The van der Waals surface area contributed by atoms with Crippen molar-refractivity contribution in [2.75, 3.05) is 5.32 Å². The minimum Gasteiger partial charge on any atom is -0.325 e. The standard InChI is InChI=1S/C9H9N5O2S/c10-3-8-11-5(4-17-8)9(16)12-6-1-2-7(15)14-13-6/h1-2,4H,3,10H2,(H,14,15)(H,12,13,16). The first-order valence-electron chi connectivity index (χ1n) is 4.70. The van der Waals surface area contributed by atoms with Crippen LogP contribution < -0.4 is 16.6 Å². The van der Waals surface area contributed by atoms with Gasteiger partial charge in [-0.05, 0) is 6.07 Å². The van der Waals surface area contributed by atoms with Crippen LogP contribution in [0.25, 0.3) is 0 Å². The number of anilines is 1. The number of amides is 1. The molecular weight excluding hydrogens is 242 g/mol. The van der Waals surface area contributed by atoms with Gasteiger partial charge in [-0.15, -0.1) is 11.3 Å². The highest BCUT2D eigenvalue weighted by Gasteiger charge is 2.10. The smallest absolute Gasteiger partial charge is 0.276 e. The molecular formula is C9H9N5O2S. The van der Waals surface area contributed by atoms with Gasteiger partial charge in [0, 0.05) is 18.0 Å². The molecule has 2 aromatic heterocycles. The molecule has 0 unspecified atom stereocenters. The second-order valence-electron chi connectivity index (χ2n) is 3.09. The van der Waals surface area contributed by atoms with Crippen LogP contribution in [0, 0.1) is 0 Å². The number of rotatable bonds is 3. The molecule has 7 nitrogen and oxygen atoms in total. The summed E-state index contributed by atoms with van der Waals surface area (Å²) in [4.78, 5) is 26.5. The molecule has 0 bridgehead atoms. The van der Waals surface area contributed by atoms with Crippen LogP contribution in [-0.2, 0) is 6.54 Å². The van der Waals surface area contributed by atoms with E-state index in [9.17, 15) is 9.59 Å². The Bertz CT molecular complexity index is 571. The summed E-state index contributed by atoms with van der Waals surface area (Å²) in [6.45, 7) is 0.300. The number of nitrogens with two attached hydrogens (primary N) is 1. The number of carbonyl (C=O) groups excluding carboxylic acids is 1. The minimum absolute atomic E-state index is 0.261.